The van der Waals surface area contributed by atoms with E-state index in [0.717, 1.165) is 0 Å². The van der Waals surface area contributed by atoms with Crippen LogP contribution in [0, 0.1) is 0 Å². The van der Waals surface area contributed by atoms with Gasteiger partial charge in [-0.05, 0) is 24.3 Å². The van der Waals surface area contributed by atoms with Crippen molar-refractivity contribution in [1.82, 2.24) is 0 Å². The Morgan fingerprint density at radius 3 is 2.56 bits per heavy atom. The van der Waals surface area contributed by atoms with Gasteiger partial charge in [0.25, 0.3) is 5.91 Å². The van der Waals surface area contributed by atoms with E-state index in [9.17, 15) is 4.79 Å². The summed E-state index contributed by atoms with van der Waals surface area (Å²) in [6.45, 7) is 0. The maximum absolute atomic E-state index is 11.3. The van der Waals surface area contributed by atoms with Crippen molar-refractivity contribution in [2.45, 2.75) is 0 Å². The van der Waals surface area contributed by atoms with Gasteiger partial charge in [0.15, 0.2) is 5.96 Å². The van der Waals surface area contributed by atoms with Crippen LogP contribution in [0.5, 0.6) is 11.5 Å². The predicted octanol–water partition coefficient (Wildman–Crippen LogP) is 0.517. The highest BCUT2D eigenvalue weighted by atomic mass is 16.5. The molecule has 6 nitrogen and oxygen atoms in total. The molecular weight excluding hydrogens is 234 g/mol. The molecule has 0 aliphatic rings. The van der Waals surface area contributed by atoms with Crippen LogP contribution < -0.4 is 20.9 Å². The number of carbonyl (C=O) groups is 1. The molecule has 1 rings (SSSR count). The fraction of sp³-hybridized carbons (Fsp3) is 0.167. The highest BCUT2D eigenvalue weighted by Crippen LogP contribution is 2.24. The number of hydrogen-bond acceptors (Lipinski definition) is 3. The smallest absolute Gasteiger partial charge is 0.272 e. The number of amides is 1. The van der Waals surface area contributed by atoms with Crippen LogP contribution in [0.3, 0.4) is 0 Å². The summed E-state index contributed by atoms with van der Waals surface area (Å²) >= 11 is 0. The Bertz CT molecular complexity index is 491. The van der Waals surface area contributed by atoms with Gasteiger partial charge in [0.2, 0.25) is 0 Å². The SMILES string of the molecule is COc1ccc(OC)c(/C=C/C(=O)N=C(N)N)c1. The molecule has 0 atom stereocenters. The molecular formula is C12H15N3O3. The standard InChI is InChI=1S/C12H15N3O3/c1-17-9-4-5-10(18-2)8(7-9)3-6-11(16)15-12(13)14/h3-7H,1-2H3,(H4,13,14,15,16)/b6-3+. The summed E-state index contributed by atoms with van der Waals surface area (Å²) in [6, 6.07) is 5.23. The highest BCUT2D eigenvalue weighted by Gasteiger charge is 2.02. The van der Waals surface area contributed by atoms with Crippen molar-refractivity contribution in [3.63, 3.8) is 0 Å². The second-order valence-corrected chi connectivity index (χ2v) is 3.32. The zero-order chi connectivity index (χ0) is 13.5. The van der Waals surface area contributed by atoms with E-state index >= 15 is 0 Å². The number of rotatable bonds is 4. The minimum absolute atomic E-state index is 0.276. The van der Waals surface area contributed by atoms with Crippen molar-refractivity contribution in [3.05, 3.63) is 29.8 Å². The van der Waals surface area contributed by atoms with Gasteiger partial charge >= 0.3 is 0 Å². The zero-order valence-electron chi connectivity index (χ0n) is 10.2. The molecule has 0 aliphatic heterocycles. The monoisotopic (exact) mass is 249 g/mol. The topological polar surface area (TPSA) is 99.9 Å². The van der Waals surface area contributed by atoms with E-state index in [4.69, 9.17) is 20.9 Å². The molecule has 0 saturated heterocycles. The molecule has 0 heterocycles. The summed E-state index contributed by atoms with van der Waals surface area (Å²) in [4.78, 5) is 14.6. The maximum Gasteiger partial charge on any atom is 0.272 e. The van der Waals surface area contributed by atoms with Crippen LogP contribution >= 0.6 is 0 Å². The van der Waals surface area contributed by atoms with Gasteiger partial charge in [-0.3, -0.25) is 4.79 Å². The van der Waals surface area contributed by atoms with Crippen LogP contribution in [0.4, 0.5) is 0 Å². The van der Waals surface area contributed by atoms with Crippen LogP contribution in [0.1, 0.15) is 5.56 Å². The number of methoxy groups -OCH3 is 2. The summed E-state index contributed by atoms with van der Waals surface area (Å²) in [5.41, 5.74) is 10.9. The van der Waals surface area contributed by atoms with E-state index in [1.54, 1.807) is 31.4 Å². The van der Waals surface area contributed by atoms with E-state index in [2.05, 4.69) is 4.99 Å². The van der Waals surface area contributed by atoms with E-state index in [-0.39, 0.29) is 5.96 Å². The molecule has 0 spiro atoms. The highest BCUT2D eigenvalue weighted by molar-refractivity contribution is 6.00. The van der Waals surface area contributed by atoms with Crippen LogP contribution in [0.2, 0.25) is 0 Å². The van der Waals surface area contributed by atoms with E-state index < -0.39 is 5.91 Å². The summed E-state index contributed by atoms with van der Waals surface area (Å²) in [5, 5.41) is 0. The second-order valence-electron chi connectivity index (χ2n) is 3.32. The Kier molecular flexibility index (Phi) is 4.74. The predicted molar refractivity (Wildman–Crippen MR) is 69.4 cm³/mol. The third-order valence-corrected chi connectivity index (χ3v) is 2.08. The van der Waals surface area contributed by atoms with Crippen LogP contribution in [0.25, 0.3) is 6.08 Å². The Hall–Kier alpha value is -2.50. The van der Waals surface area contributed by atoms with Crippen molar-refractivity contribution in [3.8, 4) is 11.5 Å². The lowest BCUT2D eigenvalue weighted by atomic mass is 10.1. The van der Waals surface area contributed by atoms with E-state index in [0.29, 0.717) is 17.1 Å². The summed E-state index contributed by atoms with van der Waals surface area (Å²) in [6.07, 6.45) is 2.80. The average molecular weight is 249 g/mol. The van der Waals surface area contributed by atoms with Gasteiger partial charge in [-0.2, -0.15) is 4.99 Å². The van der Waals surface area contributed by atoms with Crippen molar-refractivity contribution in [2.75, 3.05) is 14.2 Å². The lowest BCUT2D eigenvalue weighted by Gasteiger charge is -2.06. The lowest BCUT2D eigenvalue weighted by molar-refractivity contribution is -0.113. The molecule has 4 N–H and O–H groups in total. The molecule has 6 heteroatoms. The minimum Gasteiger partial charge on any atom is -0.497 e. The Morgan fingerprint density at radius 2 is 2.00 bits per heavy atom. The summed E-state index contributed by atoms with van der Waals surface area (Å²) in [7, 11) is 3.09. The third kappa shape index (κ3) is 3.82. The first-order valence-electron chi connectivity index (χ1n) is 5.10. The number of benzene rings is 1. The molecule has 18 heavy (non-hydrogen) atoms. The largest absolute Gasteiger partial charge is 0.497 e. The van der Waals surface area contributed by atoms with Crippen LogP contribution in [-0.2, 0) is 4.79 Å². The fourth-order valence-electron chi connectivity index (χ4n) is 1.30. The zero-order valence-corrected chi connectivity index (χ0v) is 10.2. The molecule has 96 valence electrons. The number of carbonyl (C=O) groups excluding carboxylic acids is 1. The molecule has 0 unspecified atom stereocenters. The van der Waals surface area contributed by atoms with Gasteiger partial charge in [0, 0.05) is 11.6 Å². The van der Waals surface area contributed by atoms with Gasteiger partial charge in [0.05, 0.1) is 14.2 Å². The first kappa shape index (κ1) is 13.6. The summed E-state index contributed by atoms with van der Waals surface area (Å²) < 4.78 is 10.2. The number of nitrogens with two attached hydrogens (primary N) is 2. The van der Waals surface area contributed by atoms with Gasteiger partial charge in [0.1, 0.15) is 11.5 Å². The number of hydrogen-bond donors (Lipinski definition) is 2. The Labute approximate surface area is 105 Å². The first-order valence-corrected chi connectivity index (χ1v) is 5.10. The minimum atomic E-state index is -0.542. The second kappa shape index (κ2) is 6.29. The average Bonchev–Trinajstić information content (AvgIpc) is 2.35. The Balaban J connectivity index is 2.98. The van der Waals surface area contributed by atoms with Gasteiger partial charge in [-0.15, -0.1) is 0 Å². The van der Waals surface area contributed by atoms with E-state index in [1.165, 1.54) is 13.2 Å². The first-order chi connectivity index (χ1) is 8.56. The van der Waals surface area contributed by atoms with Gasteiger partial charge in [-0.25, -0.2) is 0 Å². The molecule has 1 aromatic rings. The Morgan fingerprint density at radius 1 is 1.28 bits per heavy atom. The van der Waals surface area contributed by atoms with Crippen LogP contribution in [-0.4, -0.2) is 26.1 Å². The van der Waals surface area contributed by atoms with Crippen molar-refractivity contribution in [1.29, 1.82) is 0 Å². The van der Waals surface area contributed by atoms with Crippen molar-refractivity contribution >= 4 is 17.9 Å². The molecule has 0 saturated carbocycles. The molecule has 0 aromatic heterocycles. The quantitative estimate of drug-likeness (QED) is 0.460. The molecule has 1 amide bonds. The summed E-state index contributed by atoms with van der Waals surface area (Å²) in [5.74, 6) is 0.455. The molecule has 0 aliphatic carbocycles. The number of nitrogens with zero attached hydrogens (tertiary/aromatic N) is 1. The molecule has 1 aromatic carbocycles. The third-order valence-electron chi connectivity index (χ3n) is 2.08. The fourth-order valence-corrected chi connectivity index (χ4v) is 1.30. The molecule has 0 radical (unpaired) electrons. The normalized spacial score (nSPS) is 10.1. The van der Waals surface area contributed by atoms with Crippen LogP contribution in [0.15, 0.2) is 29.3 Å². The number of ether oxygens (including phenoxy) is 2. The molecule has 0 fully saturated rings. The number of aliphatic imine (C=N–C) groups is 1. The van der Waals surface area contributed by atoms with E-state index in [1.807, 2.05) is 0 Å². The van der Waals surface area contributed by atoms with Gasteiger partial charge < -0.3 is 20.9 Å². The lowest BCUT2D eigenvalue weighted by Crippen LogP contribution is -2.23. The van der Waals surface area contributed by atoms with Crippen molar-refractivity contribution < 1.29 is 14.3 Å². The number of guanidine groups is 1. The van der Waals surface area contributed by atoms with Crippen molar-refractivity contribution in [2.24, 2.45) is 16.5 Å². The molecule has 0 bridgehead atoms. The maximum atomic E-state index is 11.3. The van der Waals surface area contributed by atoms with Gasteiger partial charge in [-0.1, -0.05) is 0 Å².